The van der Waals surface area contributed by atoms with Gasteiger partial charge in [0.25, 0.3) is 17.7 Å². The van der Waals surface area contributed by atoms with E-state index in [4.69, 9.17) is 14.7 Å². The zero-order valence-corrected chi connectivity index (χ0v) is 40.5. The van der Waals surface area contributed by atoms with E-state index in [0.29, 0.717) is 49.8 Å². The van der Waals surface area contributed by atoms with Crippen molar-refractivity contribution in [2.24, 2.45) is 0 Å². The minimum absolute atomic E-state index is 0.0419. The number of aromatic nitrogens is 3. The van der Waals surface area contributed by atoms with Crippen LogP contribution in [0.15, 0.2) is 92.2 Å². The number of carbonyl (C=O) groups is 5. The number of benzene rings is 3. The predicted octanol–water partition coefficient (Wildman–Crippen LogP) is 6.85. The van der Waals surface area contributed by atoms with E-state index >= 15 is 0 Å². The van der Waals surface area contributed by atoms with E-state index in [0.717, 1.165) is 107 Å². The zero-order chi connectivity index (χ0) is 50.1. The number of amides is 5. The molecule has 0 bridgehead atoms. The number of piperidine rings is 1. The number of rotatable bonds is 16. The molecular formula is C57H57N9O6. The maximum atomic E-state index is 13.7. The molecule has 4 aliphatic heterocycles. The Bertz CT molecular complexity index is 3020. The molecule has 1 unspecified atom stereocenters. The molecule has 15 heteroatoms. The van der Waals surface area contributed by atoms with Crippen molar-refractivity contribution >= 4 is 59.7 Å². The van der Waals surface area contributed by atoms with E-state index < -0.39 is 29.7 Å². The van der Waals surface area contributed by atoms with Gasteiger partial charge in [-0.3, -0.25) is 44.1 Å². The monoisotopic (exact) mass is 963 g/mol. The number of ether oxygens (including phenoxy) is 1. The van der Waals surface area contributed by atoms with Crippen LogP contribution in [0.25, 0.3) is 35.7 Å². The van der Waals surface area contributed by atoms with Gasteiger partial charge in [-0.1, -0.05) is 73.6 Å². The predicted molar refractivity (Wildman–Crippen MR) is 277 cm³/mol. The second-order valence-corrected chi connectivity index (χ2v) is 18.2. The summed E-state index contributed by atoms with van der Waals surface area (Å²) in [5.74, 6) is 6.12. The molecular weight excluding hydrogens is 907 g/mol. The summed E-state index contributed by atoms with van der Waals surface area (Å²) in [5, 5.41) is 5.45. The summed E-state index contributed by atoms with van der Waals surface area (Å²) >= 11 is 0. The minimum Gasteiger partial charge on any atom is -0.493 e. The molecule has 15 nitrogen and oxygen atoms in total. The Kier molecular flexibility index (Phi) is 15.2. The van der Waals surface area contributed by atoms with Crippen LogP contribution >= 0.6 is 0 Å². The number of unbranched alkanes of at least 4 members (excludes halogenated alkanes) is 2. The van der Waals surface area contributed by atoms with Crippen LogP contribution in [0.1, 0.15) is 102 Å². The summed E-state index contributed by atoms with van der Waals surface area (Å²) in [7, 11) is 1.85. The van der Waals surface area contributed by atoms with Gasteiger partial charge in [0, 0.05) is 80.2 Å². The van der Waals surface area contributed by atoms with Gasteiger partial charge in [0.05, 0.1) is 42.2 Å². The topological polar surface area (TPSA) is 170 Å². The SMILES string of the molecule is C=Cc1cc(-c2nc3c(c(NC)n2)CCN(C(=O)c2ccc(/C=C/c4ccc(C#CCN5CCN(CCCCCOc6cccc7c6C(=O)N(C6CCC(=O)NC6=O)C7=O)CC5)cc4)cc2)C3)cnc1C=C. The molecule has 366 valence electrons. The number of pyridine rings is 1. The normalized spacial score (nSPS) is 17.0. The number of hydrogen-bond acceptors (Lipinski definition) is 12. The molecule has 0 aliphatic carbocycles. The number of anilines is 1. The van der Waals surface area contributed by atoms with Crippen molar-refractivity contribution in [1.82, 2.24) is 39.9 Å². The molecule has 0 spiro atoms. The fourth-order valence-corrected chi connectivity index (χ4v) is 9.50. The Balaban J connectivity index is 0.679. The van der Waals surface area contributed by atoms with Gasteiger partial charge in [-0.25, -0.2) is 9.97 Å². The molecule has 9 rings (SSSR count). The van der Waals surface area contributed by atoms with E-state index in [-0.39, 0.29) is 29.9 Å². The van der Waals surface area contributed by atoms with Crippen LogP contribution in [-0.2, 0) is 22.6 Å². The van der Waals surface area contributed by atoms with E-state index in [1.54, 1.807) is 36.5 Å². The van der Waals surface area contributed by atoms with Crippen LogP contribution < -0.4 is 15.4 Å². The molecule has 2 saturated heterocycles. The van der Waals surface area contributed by atoms with Crippen LogP contribution in [0.5, 0.6) is 5.75 Å². The highest BCUT2D eigenvalue weighted by molar-refractivity contribution is 6.24. The lowest BCUT2D eigenvalue weighted by atomic mass is 10.0. The average Bonchev–Trinajstić information content (AvgIpc) is 3.67. The van der Waals surface area contributed by atoms with Gasteiger partial charge in [0.15, 0.2) is 5.82 Å². The molecule has 2 aromatic heterocycles. The van der Waals surface area contributed by atoms with Crippen molar-refractivity contribution in [3.8, 4) is 29.0 Å². The Hall–Kier alpha value is -8.06. The summed E-state index contributed by atoms with van der Waals surface area (Å²) in [5.41, 5.74) is 8.21. The van der Waals surface area contributed by atoms with Gasteiger partial charge in [0.2, 0.25) is 11.8 Å². The minimum atomic E-state index is -1.01. The van der Waals surface area contributed by atoms with Crippen molar-refractivity contribution in [3.05, 3.63) is 148 Å². The lowest BCUT2D eigenvalue weighted by molar-refractivity contribution is -0.136. The first-order valence-electron chi connectivity index (χ1n) is 24.5. The summed E-state index contributed by atoms with van der Waals surface area (Å²) < 4.78 is 6.00. The third-order valence-corrected chi connectivity index (χ3v) is 13.6. The second-order valence-electron chi connectivity index (χ2n) is 18.2. The molecule has 5 amide bonds. The van der Waals surface area contributed by atoms with Crippen LogP contribution in [-0.4, -0.2) is 130 Å². The number of nitrogens with zero attached hydrogens (tertiary/aromatic N) is 7. The van der Waals surface area contributed by atoms with Crippen molar-refractivity contribution in [2.75, 3.05) is 64.8 Å². The smallest absolute Gasteiger partial charge is 0.266 e. The number of hydrogen-bond donors (Lipinski definition) is 2. The van der Waals surface area contributed by atoms with Crippen LogP contribution in [0.4, 0.5) is 5.82 Å². The Labute approximate surface area is 419 Å². The quantitative estimate of drug-likeness (QED) is 0.0457. The average molecular weight is 964 g/mol. The molecule has 2 fully saturated rings. The van der Waals surface area contributed by atoms with Gasteiger partial charge in [-0.05, 0) is 98.3 Å². The molecule has 1 atom stereocenters. The Morgan fingerprint density at radius 2 is 1.61 bits per heavy atom. The molecule has 2 N–H and O–H groups in total. The van der Waals surface area contributed by atoms with Crippen molar-refractivity contribution in [2.45, 2.75) is 51.1 Å². The molecule has 72 heavy (non-hydrogen) atoms. The zero-order valence-electron chi connectivity index (χ0n) is 40.5. The third kappa shape index (κ3) is 10.9. The molecule has 0 radical (unpaired) electrons. The number of fused-ring (bicyclic) bond motifs is 2. The van der Waals surface area contributed by atoms with Crippen LogP contribution in [0.3, 0.4) is 0 Å². The Morgan fingerprint density at radius 1 is 0.861 bits per heavy atom. The van der Waals surface area contributed by atoms with E-state index in [1.807, 2.05) is 60.5 Å². The van der Waals surface area contributed by atoms with Crippen molar-refractivity contribution in [3.63, 3.8) is 0 Å². The maximum Gasteiger partial charge on any atom is 0.266 e. The Morgan fingerprint density at radius 3 is 2.33 bits per heavy atom. The van der Waals surface area contributed by atoms with Gasteiger partial charge < -0.3 is 19.9 Å². The number of nitrogens with one attached hydrogen (secondary N) is 2. The van der Waals surface area contributed by atoms with E-state index in [1.165, 1.54) is 0 Å². The van der Waals surface area contributed by atoms with Crippen molar-refractivity contribution in [1.29, 1.82) is 0 Å². The summed E-state index contributed by atoms with van der Waals surface area (Å²) in [6.07, 6.45) is 12.9. The molecule has 5 aromatic rings. The standard InChI is InChI=1S/C57H57N9O6/c1-4-41-35-43(36-59-46(41)5-2)52-60-47-37-65(29-26-44(47)53(58-3)62-52)55(69)42-22-20-40(21-23-42)19-18-39-16-14-38(15-17-39)11-10-28-64-32-30-63(31-33-64)27-7-6-8-34-72-49-13-9-12-45-51(49)57(71)66(56(45)70)48-24-25-50(67)61-54(48)68/h4-5,9,12-23,35-36,48H,1-2,6-8,24-34,37H2,3H3,(H,58,60,62)(H,61,67,68)/b19-18+. The maximum absolute atomic E-state index is 13.7. The highest BCUT2D eigenvalue weighted by Gasteiger charge is 2.46. The largest absolute Gasteiger partial charge is 0.493 e. The number of carbonyl (C=O) groups excluding carboxylic acids is 5. The first-order valence-corrected chi connectivity index (χ1v) is 24.5. The summed E-state index contributed by atoms with van der Waals surface area (Å²) in [4.78, 5) is 86.1. The van der Waals surface area contributed by atoms with Gasteiger partial charge in [-0.2, -0.15) is 0 Å². The second kappa shape index (κ2) is 22.4. The number of piperazine rings is 1. The fourth-order valence-electron chi connectivity index (χ4n) is 9.50. The van der Waals surface area contributed by atoms with Gasteiger partial charge in [-0.15, -0.1) is 0 Å². The van der Waals surface area contributed by atoms with Crippen molar-refractivity contribution < 1.29 is 28.7 Å². The summed E-state index contributed by atoms with van der Waals surface area (Å²) in [6.45, 7) is 14.7. The molecule has 4 aliphatic rings. The third-order valence-electron chi connectivity index (χ3n) is 13.6. The fraction of sp³-hybridized carbons (Fsp3) is 0.298. The van der Waals surface area contributed by atoms with Gasteiger partial charge in [0.1, 0.15) is 17.6 Å². The lowest BCUT2D eigenvalue weighted by Gasteiger charge is -2.33. The van der Waals surface area contributed by atoms with E-state index in [9.17, 15) is 24.0 Å². The van der Waals surface area contributed by atoms with E-state index in [2.05, 4.69) is 68.6 Å². The lowest BCUT2D eigenvalue weighted by Crippen LogP contribution is -2.54. The van der Waals surface area contributed by atoms with Crippen LogP contribution in [0, 0.1) is 11.8 Å². The first kappa shape index (κ1) is 48.9. The molecule has 6 heterocycles. The number of imide groups is 2. The molecule has 0 saturated carbocycles. The molecule has 3 aromatic carbocycles. The van der Waals surface area contributed by atoms with Gasteiger partial charge >= 0.3 is 0 Å². The highest BCUT2D eigenvalue weighted by atomic mass is 16.5. The highest BCUT2D eigenvalue weighted by Crippen LogP contribution is 2.34. The first-order chi connectivity index (χ1) is 35.1. The summed E-state index contributed by atoms with van der Waals surface area (Å²) in [6, 6.07) is 21.8. The van der Waals surface area contributed by atoms with Crippen LogP contribution in [0.2, 0.25) is 0 Å².